The minimum absolute atomic E-state index is 0.00737. The molecule has 1 amide bonds. The summed E-state index contributed by atoms with van der Waals surface area (Å²) in [5, 5.41) is 13.0. The molecule has 2 aromatic carbocycles. The van der Waals surface area contributed by atoms with Gasteiger partial charge in [0.2, 0.25) is 16.4 Å². The second kappa shape index (κ2) is 13.9. The van der Waals surface area contributed by atoms with Gasteiger partial charge >= 0.3 is 6.36 Å². The van der Waals surface area contributed by atoms with Gasteiger partial charge in [-0.3, -0.25) is 14.7 Å². The van der Waals surface area contributed by atoms with Gasteiger partial charge in [0.1, 0.15) is 29.0 Å². The van der Waals surface area contributed by atoms with Crippen LogP contribution in [-0.4, -0.2) is 96.4 Å². The largest absolute Gasteiger partial charge is 0.573 e. The van der Waals surface area contributed by atoms with Gasteiger partial charge in [-0.2, -0.15) is 0 Å². The third-order valence-electron chi connectivity index (χ3n) is 8.76. The Morgan fingerprint density at radius 2 is 1.73 bits per heavy atom. The van der Waals surface area contributed by atoms with Crippen molar-refractivity contribution in [2.24, 2.45) is 4.99 Å². The van der Waals surface area contributed by atoms with Crippen molar-refractivity contribution in [2.45, 2.75) is 89.8 Å². The molecule has 5 rings (SSSR count). The summed E-state index contributed by atoms with van der Waals surface area (Å²) in [6, 6.07) is 10.8. The number of aliphatic imine (C=N–C) groups is 1. The first-order valence-corrected chi connectivity index (χ1v) is 17.6. The lowest BCUT2D eigenvalue weighted by Crippen LogP contribution is -2.50. The van der Waals surface area contributed by atoms with Crippen LogP contribution in [0, 0.1) is 6.92 Å². The summed E-state index contributed by atoms with van der Waals surface area (Å²) in [6.45, 7) is 9.07. The maximum absolute atomic E-state index is 13.3. The first kappa shape index (κ1) is 36.1. The maximum Gasteiger partial charge on any atom is 0.573 e. The number of aliphatic hydroxyl groups is 1. The van der Waals surface area contributed by atoms with Crippen LogP contribution in [0.15, 0.2) is 47.5 Å². The molecule has 1 spiro atoms. The summed E-state index contributed by atoms with van der Waals surface area (Å²) < 4.78 is 81.8. The van der Waals surface area contributed by atoms with E-state index in [1.165, 1.54) is 16.4 Å². The van der Waals surface area contributed by atoms with Crippen LogP contribution in [0.5, 0.6) is 11.5 Å². The topological polar surface area (TPSA) is 130 Å². The normalized spacial score (nSPS) is 20.4. The van der Waals surface area contributed by atoms with Crippen LogP contribution in [0.1, 0.15) is 63.1 Å². The van der Waals surface area contributed by atoms with Gasteiger partial charge in [0.05, 0.1) is 11.4 Å². The van der Waals surface area contributed by atoms with E-state index in [1.807, 2.05) is 50.8 Å². The second-order valence-electron chi connectivity index (χ2n) is 13.5. The van der Waals surface area contributed by atoms with Crippen LogP contribution in [0.3, 0.4) is 0 Å². The molecule has 2 aromatic rings. The first-order valence-electron chi connectivity index (χ1n) is 16.0. The summed E-state index contributed by atoms with van der Waals surface area (Å²) in [5.74, 6) is -0.115. The number of sulfonamides is 1. The Kier molecular flexibility index (Phi) is 10.5. The molecule has 2 N–H and O–H groups in total. The zero-order chi connectivity index (χ0) is 34.9. The van der Waals surface area contributed by atoms with Crippen LogP contribution < -0.4 is 14.8 Å². The van der Waals surface area contributed by atoms with E-state index in [1.54, 1.807) is 0 Å². The molecule has 0 bridgehead atoms. The molecule has 1 unspecified atom stereocenters. The molecule has 3 aliphatic heterocycles. The van der Waals surface area contributed by atoms with E-state index < -0.39 is 45.6 Å². The number of nitrogens with zero attached hydrogens (tertiary/aromatic N) is 3. The number of aryl methyl sites for hydroxylation is 2. The van der Waals surface area contributed by atoms with Crippen LogP contribution in [-0.2, 0) is 26.0 Å². The lowest BCUT2D eigenvalue weighted by Gasteiger charge is -2.37. The van der Waals surface area contributed by atoms with Gasteiger partial charge in [-0.25, -0.2) is 12.7 Å². The number of hydrogen-bond acceptors (Lipinski definition) is 9. The Balaban J connectivity index is 1.12. The highest BCUT2D eigenvalue weighted by atomic mass is 32.2. The molecule has 0 radical (unpaired) electrons. The van der Waals surface area contributed by atoms with E-state index in [9.17, 15) is 31.5 Å². The van der Waals surface area contributed by atoms with Crippen molar-refractivity contribution >= 4 is 21.8 Å². The fraction of sp³-hybridized carbons (Fsp3) is 0.576. The molecule has 0 saturated carbocycles. The number of alkyl halides is 3. The van der Waals surface area contributed by atoms with E-state index in [0.29, 0.717) is 25.3 Å². The smallest absolute Gasteiger partial charge is 0.490 e. The van der Waals surface area contributed by atoms with E-state index in [2.05, 4.69) is 15.0 Å². The standard InChI is InChI=1S/C33H43F3N4O7S/c1-22-20-26(45-25-10-15-39(16-11-25)30(42)47-31(2,3)4)9-8-23(22)12-19-48(43,44)40-17-13-32(14-18-40)29(41)37-28(38-32)24-6-5-7-27(21-24)46-33(34,35)36/h5-9,20-21,25,30,42H,10-19H2,1-4H3,(H,37,38,41). The highest BCUT2D eigenvalue weighted by molar-refractivity contribution is 7.89. The number of hydrogen-bond donors (Lipinski definition) is 2. The minimum Gasteiger partial charge on any atom is -0.490 e. The Labute approximate surface area is 279 Å². The first-order chi connectivity index (χ1) is 22.4. The molecule has 3 heterocycles. The molecule has 0 aliphatic carbocycles. The number of aliphatic hydroxyl groups excluding tert-OH is 1. The van der Waals surface area contributed by atoms with Gasteiger partial charge in [-0.1, -0.05) is 18.2 Å². The predicted molar refractivity (Wildman–Crippen MR) is 172 cm³/mol. The van der Waals surface area contributed by atoms with Crippen molar-refractivity contribution in [2.75, 3.05) is 31.9 Å². The lowest BCUT2D eigenvalue weighted by molar-refractivity contribution is -0.274. The summed E-state index contributed by atoms with van der Waals surface area (Å²) in [7, 11) is -3.64. The average molecular weight is 697 g/mol. The zero-order valence-electron chi connectivity index (χ0n) is 27.5. The van der Waals surface area contributed by atoms with Gasteiger partial charge in [0.25, 0.3) is 5.91 Å². The monoisotopic (exact) mass is 696 g/mol. The number of halogens is 3. The van der Waals surface area contributed by atoms with Crippen LogP contribution in [0.4, 0.5) is 13.2 Å². The van der Waals surface area contributed by atoms with Crippen LogP contribution in [0.25, 0.3) is 0 Å². The van der Waals surface area contributed by atoms with E-state index in [-0.39, 0.29) is 49.2 Å². The van der Waals surface area contributed by atoms with Crippen molar-refractivity contribution in [1.82, 2.24) is 14.5 Å². The number of amides is 1. The molecule has 11 nitrogen and oxygen atoms in total. The molecule has 0 aromatic heterocycles. The molecular formula is C33H43F3N4O7S. The molecular weight excluding hydrogens is 653 g/mol. The summed E-state index contributed by atoms with van der Waals surface area (Å²) in [5.41, 5.74) is 0.426. The number of rotatable bonds is 10. The molecule has 48 heavy (non-hydrogen) atoms. The Bertz CT molecular complexity index is 1610. The summed E-state index contributed by atoms with van der Waals surface area (Å²) >= 11 is 0. The van der Waals surface area contributed by atoms with Crippen LogP contribution in [0.2, 0.25) is 0 Å². The molecule has 15 heteroatoms. The van der Waals surface area contributed by atoms with E-state index >= 15 is 0 Å². The Hall–Kier alpha value is -3.24. The number of piperidine rings is 2. The molecule has 2 fully saturated rings. The molecule has 3 aliphatic rings. The summed E-state index contributed by atoms with van der Waals surface area (Å²) in [6.07, 6.45) is -3.76. The van der Waals surface area contributed by atoms with Gasteiger partial charge < -0.3 is 24.6 Å². The fourth-order valence-electron chi connectivity index (χ4n) is 6.15. The van der Waals surface area contributed by atoms with Gasteiger partial charge in [-0.05, 0) is 95.2 Å². The number of benzene rings is 2. The quantitative estimate of drug-likeness (QED) is 0.356. The summed E-state index contributed by atoms with van der Waals surface area (Å²) in [4.78, 5) is 19.4. The van der Waals surface area contributed by atoms with Crippen molar-refractivity contribution in [3.05, 3.63) is 59.2 Å². The zero-order valence-corrected chi connectivity index (χ0v) is 28.4. The number of nitrogens with one attached hydrogen (secondary N) is 1. The SMILES string of the molecule is Cc1cc(OC2CCN(C(O)OC(C)(C)C)CC2)ccc1CCS(=O)(=O)N1CCC2(CC1)N=C(c1cccc(OC(F)(F)F)c1)NC2=O. The average Bonchev–Trinajstić information content (AvgIpc) is 3.30. The third kappa shape index (κ3) is 9.05. The van der Waals surface area contributed by atoms with Crippen molar-refractivity contribution in [3.63, 3.8) is 0 Å². The second-order valence-corrected chi connectivity index (χ2v) is 15.6. The number of amidine groups is 1. The van der Waals surface area contributed by atoms with Crippen LogP contribution >= 0.6 is 0 Å². The lowest BCUT2D eigenvalue weighted by atomic mass is 9.89. The highest BCUT2D eigenvalue weighted by Gasteiger charge is 2.47. The van der Waals surface area contributed by atoms with Crippen molar-refractivity contribution in [1.29, 1.82) is 0 Å². The Morgan fingerprint density at radius 1 is 1.04 bits per heavy atom. The highest BCUT2D eigenvalue weighted by Crippen LogP contribution is 2.33. The molecule has 264 valence electrons. The number of ether oxygens (including phenoxy) is 3. The van der Waals surface area contributed by atoms with Gasteiger partial charge in [0, 0.05) is 31.7 Å². The fourth-order valence-corrected chi connectivity index (χ4v) is 7.63. The van der Waals surface area contributed by atoms with Crippen molar-refractivity contribution in [3.8, 4) is 11.5 Å². The van der Waals surface area contributed by atoms with E-state index in [0.717, 1.165) is 36.1 Å². The number of likely N-dealkylation sites (tertiary alicyclic amines) is 1. The number of carbonyl (C=O) groups excluding carboxylic acids is 1. The van der Waals surface area contributed by atoms with Gasteiger partial charge in [-0.15, -0.1) is 13.2 Å². The van der Waals surface area contributed by atoms with Crippen molar-refractivity contribution < 1.29 is 45.7 Å². The van der Waals surface area contributed by atoms with Gasteiger partial charge in [0.15, 0.2) is 0 Å². The number of carbonyl (C=O) groups is 1. The molecule has 1 atom stereocenters. The Morgan fingerprint density at radius 3 is 2.35 bits per heavy atom. The predicted octanol–water partition coefficient (Wildman–Crippen LogP) is 4.11. The minimum atomic E-state index is -4.86. The van der Waals surface area contributed by atoms with E-state index in [4.69, 9.17) is 9.47 Å². The molecule has 2 saturated heterocycles. The maximum atomic E-state index is 13.3. The third-order valence-corrected chi connectivity index (χ3v) is 10.6.